The largest absolute Gasteiger partial charge is 0.325 e. The van der Waals surface area contributed by atoms with Crippen molar-refractivity contribution in [2.24, 2.45) is 5.73 Å². The molecule has 1 aliphatic carbocycles. The molecule has 0 amide bonds. The first-order chi connectivity index (χ1) is 6.47. The quantitative estimate of drug-likeness (QED) is 0.779. The summed E-state index contributed by atoms with van der Waals surface area (Å²) >= 11 is 0. The molecule has 0 unspecified atom stereocenters. The molecule has 14 heavy (non-hydrogen) atoms. The van der Waals surface area contributed by atoms with E-state index in [0.29, 0.717) is 6.42 Å². The Morgan fingerprint density at radius 1 is 1.21 bits per heavy atom. The van der Waals surface area contributed by atoms with E-state index in [0.717, 1.165) is 25.7 Å². The van der Waals surface area contributed by atoms with Crippen LogP contribution in [0, 0.1) is 0 Å². The molecule has 3 nitrogen and oxygen atoms in total. The van der Waals surface area contributed by atoms with E-state index in [4.69, 9.17) is 5.73 Å². The molecule has 1 aliphatic rings. The van der Waals surface area contributed by atoms with Crippen molar-refractivity contribution in [3.05, 3.63) is 0 Å². The van der Waals surface area contributed by atoms with Crippen molar-refractivity contribution in [1.29, 1.82) is 0 Å². The average molecular weight is 219 g/mol. The van der Waals surface area contributed by atoms with Gasteiger partial charge in [0.25, 0.3) is 0 Å². The average Bonchev–Trinajstić information content (AvgIpc) is 2.17. The summed E-state index contributed by atoms with van der Waals surface area (Å²) in [6.45, 7) is 1.69. The van der Waals surface area contributed by atoms with Gasteiger partial charge in [-0.2, -0.15) is 0 Å². The molecule has 0 spiro atoms. The van der Waals surface area contributed by atoms with Crippen LogP contribution in [0.25, 0.3) is 0 Å². The highest BCUT2D eigenvalue weighted by atomic mass is 32.2. The maximum atomic E-state index is 11.3. The molecule has 0 radical (unpaired) electrons. The monoisotopic (exact) mass is 219 g/mol. The summed E-state index contributed by atoms with van der Waals surface area (Å²) in [5.41, 5.74) is 5.96. The van der Waals surface area contributed by atoms with Gasteiger partial charge in [0.15, 0.2) is 0 Å². The van der Waals surface area contributed by atoms with Crippen molar-refractivity contribution in [3.63, 3.8) is 0 Å². The molecule has 0 aliphatic heterocycles. The topological polar surface area (TPSA) is 60.2 Å². The molecule has 0 aromatic heterocycles. The van der Waals surface area contributed by atoms with Gasteiger partial charge >= 0.3 is 0 Å². The maximum Gasteiger partial charge on any atom is 0.150 e. The van der Waals surface area contributed by atoms with Gasteiger partial charge in [0.2, 0.25) is 0 Å². The highest BCUT2D eigenvalue weighted by Crippen LogP contribution is 2.28. The summed E-state index contributed by atoms with van der Waals surface area (Å²) in [7, 11) is -2.84. The zero-order chi connectivity index (χ0) is 10.7. The molecule has 4 heteroatoms. The molecule has 0 saturated heterocycles. The molecule has 1 rings (SSSR count). The fourth-order valence-corrected chi connectivity index (χ4v) is 3.02. The summed E-state index contributed by atoms with van der Waals surface area (Å²) in [6, 6.07) is 0. The number of sulfone groups is 1. The fraction of sp³-hybridized carbons (Fsp3) is 1.00. The van der Waals surface area contributed by atoms with Gasteiger partial charge in [0.05, 0.1) is 5.75 Å². The minimum atomic E-state index is -2.84. The summed E-state index contributed by atoms with van der Waals surface area (Å²) in [6.07, 6.45) is 6.19. The standard InChI is InChI=1S/C10H21NO2S/c1-2-14(12,13)9-8-10(11)6-4-3-5-7-10/h2-9,11H2,1H3. The zero-order valence-electron chi connectivity index (χ0n) is 8.96. The van der Waals surface area contributed by atoms with Crippen LogP contribution in [0.5, 0.6) is 0 Å². The van der Waals surface area contributed by atoms with Crippen LogP contribution in [0.1, 0.15) is 45.4 Å². The second-order valence-corrected chi connectivity index (χ2v) is 6.88. The van der Waals surface area contributed by atoms with Crippen molar-refractivity contribution < 1.29 is 8.42 Å². The number of rotatable bonds is 4. The molecule has 1 saturated carbocycles. The predicted octanol–water partition coefficient (Wildman–Crippen LogP) is 1.47. The Labute approximate surface area is 87.0 Å². The number of nitrogens with two attached hydrogens (primary N) is 1. The van der Waals surface area contributed by atoms with Gasteiger partial charge in [0.1, 0.15) is 9.84 Å². The third-order valence-corrected chi connectivity index (χ3v) is 4.91. The Morgan fingerprint density at radius 2 is 1.79 bits per heavy atom. The second kappa shape index (κ2) is 4.62. The van der Waals surface area contributed by atoms with Gasteiger partial charge in [0, 0.05) is 11.3 Å². The molecule has 0 atom stereocenters. The third-order valence-electron chi connectivity index (χ3n) is 3.20. The first kappa shape index (κ1) is 12.0. The predicted molar refractivity (Wildman–Crippen MR) is 58.9 cm³/mol. The Balaban J connectivity index is 2.43. The van der Waals surface area contributed by atoms with E-state index in [2.05, 4.69) is 0 Å². The lowest BCUT2D eigenvalue weighted by molar-refractivity contribution is 0.288. The van der Waals surface area contributed by atoms with Gasteiger partial charge in [-0.15, -0.1) is 0 Å². The van der Waals surface area contributed by atoms with Crippen LogP contribution < -0.4 is 5.73 Å². The minimum Gasteiger partial charge on any atom is -0.325 e. The van der Waals surface area contributed by atoms with E-state index in [-0.39, 0.29) is 17.0 Å². The first-order valence-electron chi connectivity index (χ1n) is 5.47. The fourth-order valence-electron chi connectivity index (χ4n) is 2.01. The lowest BCUT2D eigenvalue weighted by Crippen LogP contribution is -2.43. The van der Waals surface area contributed by atoms with Crippen LogP contribution >= 0.6 is 0 Å². The number of hydrogen-bond acceptors (Lipinski definition) is 3. The van der Waals surface area contributed by atoms with Crippen LogP contribution in [0.4, 0.5) is 0 Å². The van der Waals surface area contributed by atoms with E-state index in [9.17, 15) is 8.42 Å². The molecule has 1 fully saturated rings. The van der Waals surface area contributed by atoms with Gasteiger partial charge in [-0.3, -0.25) is 0 Å². The maximum absolute atomic E-state index is 11.3. The van der Waals surface area contributed by atoms with Crippen LogP contribution in [0.3, 0.4) is 0 Å². The van der Waals surface area contributed by atoms with Crippen molar-refractivity contribution in [2.75, 3.05) is 11.5 Å². The molecule has 2 N–H and O–H groups in total. The summed E-state index contributed by atoms with van der Waals surface area (Å²) < 4.78 is 22.7. The van der Waals surface area contributed by atoms with Crippen molar-refractivity contribution in [2.45, 2.75) is 51.0 Å². The van der Waals surface area contributed by atoms with E-state index in [1.54, 1.807) is 6.92 Å². The second-order valence-electron chi connectivity index (χ2n) is 4.41. The summed E-state index contributed by atoms with van der Waals surface area (Å²) in [5, 5.41) is 0. The van der Waals surface area contributed by atoms with Crippen molar-refractivity contribution in [3.8, 4) is 0 Å². The van der Waals surface area contributed by atoms with Gasteiger partial charge in [-0.1, -0.05) is 26.2 Å². The van der Waals surface area contributed by atoms with Gasteiger partial charge in [-0.25, -0.2) is 8.42 Å². The Bertz CT molecular complexity index is 266. The lowest BCUT2D eigenvalue weighted by atomic mass is 9.81. The SMILES string of the molecule is CCS(=O)(=O)CCC1(N)CCCCC1. The van der Waals surface area contributed by atoms with E-state index >= 15 is 0 Å². The zero-order valence-corrected chi connectivity index (χ0v) is 9.78. The number of hydrogen-bond donors (Lipinski definition) is 1. The molecule has 84 valence electrons. The molecule has 0 heterocycles. The van der Waals surface area contributed by atoms with Crippen molar-refractivity contribution >= 4 is 9.84 Å². The molecule has 0 aromatic carbocycles. The highest BCUT2D eigenvalue weighted by Gasteiger charge is 2.28. The Hall–Kier alpha value is -0.0900. The first-order valence-corrected chi connectivity index (χ1v) is 7.29. The van der Waals surface area contributed by atoms with Crippen LogP contribution in [0.15, 0.2) is 0 Å². The summed E-state index contributed by atoms with van der Waals surface area (Å²) in [4.78, 5) is 0. The van der Waals surface area contributed by atoms with E-state index in [1.807, 2.05) is 0 Å². The Kier molecular flexibility index (Phi) is 3.95. The van der Waals surface area contributed by atoms with Crippen LogP contribution in [0.2, 0.25) is 0 Å². The lowest BCUT2D eigenvalue weighted by Gasteiger charge is -2.33. The minimum absolute atomic E-state index is 0.194. The normalized spacial score (nSPS) is 22.1. The Morgan fingerprint density at radius 3 is 2.29 bits per heavy atom. The van der Waals surface area contributed by atoms with E-state index < -0.39 is 9.84 Å². The highest BCUT2D eigenvalue weighted by molar-refractivity contribution is 7.91. The third kappa shape index (κ3) is 3.58. The van der Waals surface area contributed by atoms with Crippen LogP contribution in [-0.4, -0.2) is 25.5 Å². The molecule has 0 aromatic rings. The van der Waals surface area contributed by atoms with Crippen molar-refractivity contribution in [1.82, 2.24) is 0 Å². The van der Waals surface area contributed by atoms with Gasteiger partial charge in [-0.05, 0) is 19.3 Å². The molecular formula is C10H21NO2S. The molecular weight excluding hydrogens is 198 g/mol. The molecule has 0 bridgehead atoms. The summed E-state index contributed by atoms with van der Waals surface area (Å²) in [5.74, 6) is 0.503. The van der Waals surface area contributed by atoms with Gasteiger partial charge < -0.3 is 5.73 Å². The van der Waals surface area contributed by atoms with Crippen LogP contribution in [-0.2, 0) is 9.84 Å². The smallest absolute Gasteiger partial charge is 0.150 e. The van der Waals surface area contributed by atoms with E-state index in [1.165, 1.54) is 6.42 Å².